The van der Waals surface area contributed by atoms with E-state index < -0.39 is 40.6 Å². The number of fused-ring (bicyclic) bond motifs is 1. The highest BCUT2D eigenvalue weighted by Gasteiger charge is 2.58. The quantitative estimate of drug-likeness (QED) is 0.414. The Morgan fingerprint density at radius 2 is 2.09 bits per heavy atom. The van der Waals surface area contributed by atoms with Crippen molar-refractivity contribution in [2.45, 2.75) is 18.5 Å². The predicted octanol–water partition coefficient (Wildman–Crippen LogP) is -2.08. The first-order valence-corrected chi connectivity index (χ1v) is 6.66. The number of H-pyrrole nitrogens is 2. The Bertz CT molecular complexity index is 926. The van der Waals surface area contributed by atoms with Crippen molar-refractivity contribution < 1.29 is 19.8 Å². The summed E-state index contributed by atoms with van der Waals surface area (Å²) in [7, 11) is 0. The number of hydrogen-bond donors (Lipinski definition) is 5. The largest absolute Gasteiger partial charge is 0.481 e. The molecule has 0 spiro atoms. The maximum absolute atomic E-state index is 11.6. The minimum atomic E-state index is -1.85. The molecule has 0 amide bonds. The Morgan fingerprint density at radius 1 is 1.39 bits per heavy atom. The summed E-state index contributed by atoms with van der Waals surface area (Å²) in [6.45, 7) is -0.327. The zero-order valence-corrected chi connectivity index (χ0v) is 11.6. The number of aromatic amines is 2. The molecule has 3 atom stereocenters. The molecule has 0 saturated heterocycles. The molecule has 6 N–H and O–H groups in total. The van der Waals surface area contributed by atoms with Crippen LogP contribution < -0.4 is 17.0 Å². The number of carbonyl (C=O) groups is 2. The number of rotatable bonds is 5. The standard InChI is InChI=1S/C12H13N5O6/c13-12(10(21)22,5-1-4(5)9(19)20)2-17-3-14-6-7(17)15-11(23)16-8(6)18/h3-5H,1-2,13H2,(H,19,20)(H,21,22)(H2,15,16,18,23)/t4-,5-,12+/m0/s1. The molecule has 0 unspecified atom stereocenters. The van der Waals surface area contributed by atoms with E-state index in [-0.39, 0.29) is 24.1 Å². The third kappa shape index (κ3) is 2.30. The van der Waals surface area contributed by atoms with Crippen LogP contribution in [-0.2, 0) is 16.1 Å². The molecular weight excluding hydrogens is 310 g/mol. The third-order valence-corrected chi connectivity index (χ3v) is 4.11. The molecule has 1 aliphatic rings. The van der Waals surface area contributed by atoms with Crippen LogP contribution >= 0.6 is 0 Å². The molecule has 0 aliphatic heterocycles. The average molecular weight is 323 g/mol. The van der Waals surface area contributed by atoms with E-state index in [1.54, 1.807) is 0 Å². The van der Waals surface area contributed by atoms with Gasteiger partial charge in [-0.3, -0.25) is 24.4 Å². The van der Waals surface area contributed by atoms with Crippen molar-refractivity contribution in [2.75, 3.05) is 0 Å². The predicted molar refractivity (Wildman–Crippen MR) is 74.8 cm³/mol. The molecule has 2 aromatic heterocycles. The van der Waals surface area contributed by atoms with Gasteiger partial charge >= 0.3 is 17.6 Å². The van der Waals surface area contributed by atoms with Gasteiger partial charge in [0.2, 0.25) is 0 Å². The van der Waals surface area contributed by atoms with Gasteiger partial charge in [0.05, 0.1) is 18.8 Å². The fourth-order valence-electron chi connectivity index (χ4n) is 2.76. The van der Waals surface area contributed by atoms with Crippen LogP contribution in [0.1, 0.15) is 6.42 Å². The summed E-state index contributed by atoms with van der Waals surface area (Å²) in [6.07, 6.45) is 1.33. The molecule has 122 valence electrons. The lowest BCUT2D eigenvalue weighted by Gasteiger charge is -2.25. The molecule has 0 radical (unpaired) electrons. The first-order valence-electron chi connectivity index (χ1n) is 6.66. The van der Waals surface area contributed by atoms with E-state index in [4.69, 9.17) is 10.8 Å². The Labute approximate surface area is 126 Å². The van der Waals surface area contributed by atoms with Gasteiger partial charge in [0.15, 0.2) is 5.52 Å². The van der Waals surface area contributed by atoms with E-state index in [9.17, 15) is 24.3 Å². The zero-order valence-electron chi connectivity index (χ0n) is 11.6. The fraction of sp³-hybridized carbons (Fsp3) is 0.417. The van der Waals surface area contributed by atoms with Gasteiger partial charge < -0.3 is 20.5 Å². The van der Waals surface area contributed by atoms with Crippen molar-refractivity contribution in [1.29, 1.82) is 0 Å². The van der Waals surface area contributed by atoms with Gasteiger partial charge in [0.1, 0.15) is 11.2 Å². The van der Waals surface area contributed by atoms with E-state index in [0.717, 1.165) is 0 Å². The monoisotopic (exact) mass is 323 g/mol. The maximum atomic E-state index is 11.6. The number of carboxylic acid groups (broad SMARTS) is 2. The molecule has 1 aliphatic carbocycles. The summed E-state index contributed by atoms with van der Waals surface area (Å²) in [4.78, 5) is 53.7. The number of hydrogen-bond acceptors (Lipinski definition) is 6. The van der Waals surface area contributed by atoms with Crippen LogP contribution in [-0.4, -0.2) is 47.2 Å². The Balaban J connectivity index is 2.02. The number of carboxylic acids is 2. The Hall–Kier alpha value is -2.95. The molecule has 1 fully saturated rings. The van der Waals surface area contributed by atoms with E-state index in [1.165, 1.54) is 10.9 Å². The molecule has 1 saturated carbocycles. The highest BCUT2D eigenvalue weighted by atomic mass is 16.4. The molecule has 0 aromatic carbocycles. The number of imidazole rings is 1. The van der Waals surface area contributed by atoms with Gasteiger partial charge in [-0.15, -0.1) is 0 Å². The van der Waals surface area contributed by atoms with Crippen molar-refractivity contribution in [2.24, 2.45) is 17.6 Å². The average Bonchev–Trinajstić information content (AvgIpc) is 3.17. The Morgan fingerprint density at radius 3 is 2.65 bits per heavy atom. The summed E-state index contributed by atoms with van der Waals surface area (Å²) in [6, 6.07) is 0. The normalized spacial score (nSPS) is 22.7. The topological polar surface area (TPSA) is 184 Å². The van der Waals surface area contributed by atoms with Crippen LogP contribution in [0.4, 0.5) is 0 Å². The molecule has 3 rings (SSSR count). The molecule has 2 heterocycles. The fourth-order valence-corrected chi connectivity index (χ4v) is 2.76. The van der Waals surface area contributed by atoms with Crippen molar-refractivity contribution in [3.05, 3.63) is 27.2 Å². The minimum absolute atomic E-state index is 0.0300. The summed E-state index contributed by atoms with van der Waals surface area (Å²) < 4.78 is 1.23. The highest BCUT2D eigenvalue weighted by molar-refractivity contribution is 5.83. The number of nitrogens with one attached hydrogen (secondary N) is 2. The lowest BCUT2D eigenvalue weighted by Crippen LogP contribution is -2.54. The minimum Gasteiger partial charge on any atom is -0.481 e. The van der Waals surface area contributed by atoms with Crippen LogP contribution in [0.5, 0.6) is 0 Å². The number of aromatic nitrogens is 4. The highest BCUT2D eigenvalue weighted by Crippen LogP contribution is 2.46. The number of nitrogens with two attached hydrogens (primary N) is 1. The molecule has 0 bridgehead atoms. The third-order valence-electron chi connectivity index (χ3n) is 4.11. The van der Waals surface area contributed by atoms with Crippen LogP contribution in [0.2, 0.25) is 0 Å². The zero-order chi connectivity index (χ0) is 16.9. The first-order chi connectivity index (χ1) is 10.7. The molecule has 11 heteroatoms. The van der Waals surface area contributed by atoms with Crippen molar-refractivity contribution in [1.82, 2.24) is 19.5 Å². The summed E-state index contributed by atoms with van der Waals surface area (Å²) in [5.41, 5.74) is 2.58. The molecule has 23 heavy (non-hydrogen) atoms. The smallest absolute Gasteiger partial charge is 0.327 e. The van der Waals surface area contributed by atoms with Gasteiger partial charge in [-0.05, 0) is 6.42 Å². The van der Waals surface area contributed by atoms with Gasteiger partial charge in [0, 0.05) is 5.92 Å². The molecule has 2 aromatic rings. The van der Waals surface area contributed by atoms with E-state index >= 15 is 0 Å². The Kier molecular flexibility index (Phi) is 3.11. The number of nitrogens with zero attached hydrogens (tertiary/aromatic N) is 2. The second kappa shape index (κ2) is 4.78. The lowest BCUT2D eigenvalue weighted by molar-refractivity contribution is -0.145. The summed E-state index contributed by atoms with van der Waals surface area (Å²) >= 11 is 0. The van der Waals surface area contributed by atoms with E-state index in [0.29, 0.717) is 0 Å². The maximum Gasteiger partial charge on any atom is 0.327 e. The number of aliphatic carboxylic acids is 2. The first kappa shape index (κ1) is 15.0. The van der Waals surface area contributed by atoms with Crippen LogP contribution in [0, 0.1) is 11.8 Å². The van der Waals surface area contributed by atoms with E-state index in [2.05, 4.69) is 9.97 Å². The van der Waals surface area contributed by atoms with Crippen molar-refractivity contribution >= 4 is 23.1 Å². The second-order valence-electron chi connectivity index (χ2n) is 5.61. The second-order valence-corrected chi connectivity index (χ2v) is 5.61. The van der Waals surface area contributed by atoms with Crippen LogP contribution in [0.3, 0.4) is 0 Å². The van der Waals surface area contributed by atoms with Crippen molar-refractivity contribution in [3.63, 3.8) is 0 Å². The SMILES string of the molecule is N[C@@](Cn1cnc2c(=O)[nH]c(=O)[nH]c21)(C(=O)O)[C@H]1C[C@@H]1C(=O)O. The van der Waals surface area contributed by atoms with Gasteiger partial charge in [-0.2, -0.15) is 0 Å². The van der Waals surface area contributed by atoms with Gasteiger partial charge in [-0.25, -0.2) is 9.78 Å². The van der Waals surface area contributed by atoms with Gasteiger partial charge in [-0.1, -0.05) is 0 Å². The molecule has 11 nitrogen and oxygen atoms in total. The summed E-state index contributed by atoms with van der Waals surface area (Å²) in [5.74, 6) is -4.04. The summed E-state index contributed by atoms with van der Waals surface area (Å²) in [5, 5.41) is 18.4. The lowest BCUT2D eigenvalue weighted by atomic mass is 9.93. The van der Waals surface area contributed by atoms with Crippen molar-refractivity contribution in [3.8, 4) is 0 Å². The van der Waals surface area contributed by atoms with Gasteiger partial charge in [0.25, 0.3) is 5.56 Å². The molecular formula is C12H13N5O6. The van der Waals surface area contributed by atoms with E-state index in [1.807, 2.05) is 4.98 Å². The van der Waals surface area contributed by atoms with Crippen LogP contribution in [0.25, 0.3) is 11.2 Å². The van der Waals surface area contributed by atoms with Crippen LogP contribution in [0.15, 0.2) is 15.9 Å².